The van der Waals surface area contributed by atoms with E-state index in [1.165, 1.54) is 24.8 Å². The molecule has 0 aromatic heterocycles. The first-order valence-electron chi connectivity index (χ1n) is 6.44. The molecule has 1 atom stereocenters. The average Bonchev–Trinajstić information content (AvgIpc) is 2.29. The van der Waals surface area contributed by atoms with Crippen molar-refractivity contribution in [1.82, 2.24) is 0 Å². The summed E-state index contributed by atoms with van der Waals surface area (Å²) in [7, 11) is 0. The van der Waals surface area contributed by atoms with Gasteiger partial charge in [-0.05, 0) is 29.9 Å². The van der Waals surface area contributed by atoms with Crippen molar-refractivity contribution < 1.29 is 9.90 Å². The van der Waals surface area contributed by atoms with E-state index in [4.69, 9.17) is 5.11 Å². The van der Waals surface area contributed by atoms with Crippen LogP contribution < -0.4 is 0 Å². The Morgan fingerprint density at radius 1 is 1.24 bits per heavy atom. The van der Waals surface area contributed by atoms with Gasteiger partial charge in [-0.1, -0.05) is 51.0 Å². The highest BCUT2D eigenvalue weighted by Crippen LogP contribution is 2.20. The molecule has 0 amide bonds. The molecule has 1 rings (SSSR count). The van der Waals surface area contributed by atoms with E-state index in [9.17, 15) is 4.79 Å². The number of carboxylic acids is 1. The summed E-state index contributed by atoms with van der Waals surface area (Å²) < 4.78 is 0. The van der Waals surface area contributed by atoms with Crippen LogP contribution in [-0.4, -0.2) is 11.1 Å². The SMILES string of the molecule is CCCCCc1ccc(C(C)CC(=O)O)cc1. The second-order valence-corrected chi connectivity index (χ2v) is 4.70. The summed E-state index contributed by atoms with van der Waals surface area (Å²) in [4.78, 5) is 10.6. The van der Waals surface area contributed by atoms with Crippen molar-refractivity contribution >= 4 is 5.97 Å². The normalized spacial score (nSPS) is 12.4. The van der Waals surface area contributed by atoms with Gasteiger partial charge >= 0.3 is 5.97 Å². The van der Waals surface area contributed by atoms with Crippen LogP contribution in [0.3, 0.4) is 0 Å². The summed E-state index contributed by atoms with van der Waals surface area (Å²) in [6.07, 6.45) is 5.09. The minimum Gasteiger partial charge on any atom is -0.481 e. The first-order chi connectivity index (χ1) is 8.13. The lowest BCUT2D eigenvalue weighted by atomic mass is 9.96. The van der Waals surface area contributed by atoms with Gasteiger partial charge in [-0.3, -0.25) is 4.79 Å². The van der Waals surface area contributed by atoms with Crippen molar-refractivity contribution in [2.24, 2.45) is 0 Å². The fourth-order valence-electron chi connectivity index (χ4n) is 1.97. The van der Waals surface area contributed by atoms with Gasteiger partial charge in [0, 0.05) is 0 Å². The first kappa shape index (κ1) is 13.8. The summed E-state index contributed by atoms with van der Waals surface area (Å²) in [5.74, 6) is -0.637. The zero-order valence-electron chi connectivity index (χ0n) is 10.8. The highest BCUT2D eigenvalue weighted by atomic mass is 16.4. The van der Waals surface area contributed by atoms with E-state index >= 15 is 0 Å². The Morgan fingerprint density at radius 3 is 2.41 bits per heavy atom. The van der Waals surface area contributed by atoms with Crippen molar-refractivity contribution in [2.45, 2.75) is 51.9 Å². The van der Waals surface area contributed by atoms with Gasteiger partial charge in [-0.15, -0.1) is 0 Å². The molecular formula is C15H22O2. The molecule has 0 aliphatic carbocycles. The number of benzene rings is 1. The molecule has 0 heterocycles. The Morgan fingerprint density at radius 2 is 1.88 bits per heavy atom. The standard InChI is InChI=1S/C15H22O2/c1-3-4-5-6-13-7-9-14(10-8-13)12(2)11-15(16)17/h7-10,12H,3-6,11H2,1-2H3,(H,16,17). The highest BCUT2D eigenvalue weighted by Gasteiger charge is 2.09. The third kappa shape index (κ3) is 5.03. The van der Waals surface area contributed by atoms with E-state index in [0.29, 0.717) is 0 Å². The zero-order chi connectivity index (χ0) is 12.7. The van der Waals surface area contributed by atoms with Crippen molar-refractivity contribution in [1.29, 1.82) is 0 Å². The maximum absolute atomic E-state index is 10.6. The van der Waals surface area contributed by atoms with Gasteiger partial charge in [0.05, 0.1) is 6.42 Å². The van der Waals surface area contributed by atoms with Crippen LogP contribution in [0.15, 0.2) is 24.3 Å². The molecule has 1 unspecified atom stereocenters. The van der Waals surface area contributed by atoms with Crippen molar-refractivity contribution in [2.75, 3.05) is 0 Å². The lowest BCUT2D eigenvalue weighted by Crippen LogP contribution is -2.02. The van der Waals surface area contributed by atoms with Gasteiger partial charge in [0.1, 0.15) is 0 Å². The van der Waals surface area contributed by atoms with Crippen molar-refractivity contribution in [3.63, 3.8) is 0 Å². The average molecular weight is 234 g/mol. The Kier molecular flexibility index (Phi) is 5.75. The molecule has 0 saturated heterocycles. The fourth-order valence-corrected chi connectivity index (χ4v) is 1.97. The molecule has 0 radical (unpaired) electrons. The van der Waals surface area contributed by atoms with Gasteiger partial charge < -0.3 is 5.11 Å². The predicted octanol–water partition coefficient (Wildman–Crippen LogP) is 4.00. The molecule has 1 N–H and O–H groups in total. The Bertz CT molecular complexity index is 340. The number of carboxylic acid groups (broad SMARTS) is 1. The number of aliphatic carboxylic acids is 1. The third-order valence-corrected chi connectivity index (χ3v) is 3.10. The van der Waals surface area contributed by atoms with E-state index in [-0.39, 0.29) is 12.3 Å². The molecule has 0 spiro atoms. The lowest BCUT2D eigenvalue weighted by Gasteiger charge is -2.10. The van der Waals surface area contributed by atoms with Crippen molar-refractivity contribution in [3.8, 4) is 0 Å². The quantitative estimate of drug-likeness (QED) is 0.724. The molecule has 2 nitrogen and oxygen atoms in total. The van der Waals surface area contributed by atoms with Crippen LogP contribution in [0.1, 0.15) is 56.6 Å². The second kappa shape index (κ2) is 7.10. The number of carbonyl (C=O) groups is 1. The number of aryl methyl sites for hydroxylation is 1. The lowest BCUT2D eigenvalue weighted by molar-refractivity contribution is -0.137. The fraction of sp³-hybridized carbons (Fsp3) is 0.533. The van der Waals surface area contributed by atoms with Crippen LogP contribution in [0.25, 0.3) is 0 Å². The molecular weight excluding hydrogens is 212 g/mol. The zero-order valence-corrected chi connectivity index (χ0v) is 10.8. The molecule has 0 aliphatic rings. The van der Waals surface area contributed by atoms with E-state index < -0.39 is 5.97 Å². The van der Waals surface area contributed by atoms with Gasteiger partial charge in [0.15, 0.2) is 0 Å². The number of hydrogen-bond donors (Lipinski definition) is 1. The smallest absolute Gasteiger partial charge is 0.303 e. The van der Waals surface area contributed by atoms with Gasteiger partial charge in [0.2, 0.25) is 0 Å². The molecule has 0 bridgehead atoms. The molecule has 1 aromatic rings. The summed E-state index contributed by atoms with van der Waals surface area (Å²) >= 11 is 0. The third-order valence-electron chi connectivity index (χ3n) is 3.10. The van der Waals surface area contributed by atoms with Gasteiger partial charge in [0.25, 0.3) is 0 Å². The monoisotopic (exact) mass is 234 g/mol. The van der Waals surface area contributed by atoms with E-state index in [0.717, 1.165) is 12.0 Å². The molecule has 94 valence electrons. The Labute approximate surface area is 104 Å². The van der Waals surface area contributed by atoms with Crippen molar-refractivity contribution in [3.05, 3.63) is 35.4 Å². The Hall–Kier alpha value is -1.31. The van der Waals surface area contributed by atoms with Crippen LogP contribution in [-0.2, 0) is 11.2 Å². The topological polar surface area (TPSA) is 37.3 Å². The summed E-state index contributed by atoms with van der Waals surface area (Å²) in [5, 5.41) is 8.74. The molecule has 1 aromatic carbocycles. The molecule has 0 fully saturated rings. The van der Waals surface area contributed by atoms with E-state index in [2.05, 4.69) is 31.2 Å². The highest BCUT2D eigenvalue weighted by molar-refractivity contribution is 5.67. The molecule has 0 aliphatic heterocycles. The van der Waals surface area contributed by atoms with Gasteiger partial charge in [-0.2, -0.15) is 0 Å². The summed E-state index contributed by atoms with van der Waals surface area (Å²) in [6, 6.07) is 8.39. The van der Waals surface area contributed by atoms with Crippen LogP contribution in [0, 0.1) is 0 Å². The molecule has 17 heavy (non-hydrogen) atoms. The molecule has 2 heteroatoms. The summed E-state index contributed by atoms with van der Waals surface area (Å²) in [5.41, 5.74) is 2.47. The maximum Gasteiger partial charge on any atom is 0.303 e. The maximum atomic E-state index is 10.6. The minimum atomic E-state index is -0.732. The van der Waals surface area contributed by atoms with E-state index in [1.807, 2.05) is 6.92 Å². The summed E-state index contributed by atoms with van der Waals surface area (Å²) in [6.45, 7) is 4.16. The first-order valence-corrected chi connectivity index (χ1v) is 6.44. The minimum absolute atomic E-state index is 0.0946. The van der Waals surface area contributed by atoms with Gasteiger partial charge in [-0.25, -0.2) is 0 Å². The van der Waals surface area contributed by atoms with Crippen LogP contribution in [0.4, 0.5) is 0 Å². The van der Waals surface area contributed by atoms with E-state index in [1.54, 1.807) is 0 Å². The Balaban J connectivity index is 2.52. The van der Waals surface area contributed by atoms with Crippen LogP contribution in [0.5, 0.6) is 0 Å². The number of hydrogen-bond acceptors (Lipinski definition) is 1. The van der Waals surface area contributed by atoms with Crippen LogP contribution >= 0.6 is 0 Å². The predicted molar refractivity (Wildman–Crippen MR) is 70.3 cm³/mol. The molecule has 0 saturated carbocycles. The second-order valence-electron chi connectivity index (χ2n) is 4.70. The number of rotatable bonds is 7. The number of unbranched alkanes of at least 4 members (excludes halogenated alkanes) is 2. The van der Waals surface area contributed by atoms with Crippen LogP contribution in [0.2, 0.25) is 0 Å². The largest absolute Gasteiger partial charge is 0.481 e.